The maximum atomic E-state index is 13.2. The summed E-state index contributed by atoms with van der Waals surface area (Å²) in [5.74, 6) is -0.964. The van der Waals surface area contributed by atoms with Gasteiger partial charge in [0, 0.05) is 36.9 Å². The topological polar surface area (TPSA) is 92.6 Å². The lowest BCUT2D eigenvalue weighted by Gasteiger charge is -2.25. The van der Waals surface area contributed by atoms with Crippen molar-refractivity contribution in [1.82, 2.24) is 14.9 Å². The van der Waals surface area contributed by atoms with Crippen LogP contribution in [-0.4, -0.2) is 38.3 Å². The average molecular weight is 458 g/mol. The molecular formula is C27H27N3O4. The van der Waals surface area contributed by atoms with Crippen LogP contribution < -0.4 is 4.74 Å². The van der Waals surface area contributed by atoms with Crippen LogP contribution in [0.3, 0.4) is 0 Å². The van der Waals surface area contributed by atoms with E-state index in [2.05, 4.69) is 16.9 Å². The van der Waals surface area contributed by atoms with Crippen molar-refractivity contribution in [3.63, 3.8) is 0 Å². The summed E-state index contributed by atoms with van der Waals surface area (Å²) < 4.78 is 5.91. The Morgan fingerprint density at radius 2 is 1.85 bits per heavy atom. The summed E-state index contributed by atoms with van der Waals surface area (Å²) in [5, 5.41) is 11.1. The third-order valence-electron chi connectivity index (χ3n) is 5.76. The SMILES string of the molecule is CCCCCOc1cccc(C2C(=C(O)c3ccncc3)C(=O)C(=O)N2Cc2cccnc2)c1. The predicted octanol–water partition coefficient (Wildman–Crippen LogP) is 4.67. The smallest absolute Gasteiger partial charge is 0.295 e. The minimum atomic E-state index is -0.771. The van der Waals surface area contributed by atoms with E-state index in [4.69, 9.17) is 4.74 Å². The number of benzene rings is 1. The fourth-order valence-corrected chi connectivity index (χ4v) is 4.06. The van der Waals surface area contributed by atoms with Gasteiger partial charge in [0.1, 0.15) is 11.5 Å². The number of unbranched alkanes of at least 4 members (excludes halogenated alkanes) is 2. The number of carbonyl (C=O) groups excluding carboxylic acids is 2. The van der Waals surface area contributed by atoms with Crippen LogP contribution in [0.5, 0.6) is 5.75 Å². The molecule has 0 bridgehead atoms. The van der Waals surface area contributed by atoms with Gasteiger partial charge in [-0.05, 0) is 47.9 Å². The van der Waals surface area contributed by atoms with Crippen molar-refractivity contribution in [2.45, 2.75) is 38.8 Å². The number of ether oxygens (including phenoxy) is 1. The fraction of sp³-hybridized carbons (Fsp3) is 0.259. The van der Waals surface area contributed by atoms with Gasteiger partial charge in [-0.2, -0.15) is 0 Å². The zero-order valence-corrected chi connectivity index (χ0v) is 19.1. The van der Waals surface area contributed by atoms with Gasteiger partial charge in [-0.1, -0.05) is 38.0 Å². The van der Waals surface area contributed by atoms with E-state index in [1.54, 1.807) is 30.6 Å². The Morgan fingerprint density at radius 3 is 2.59 bits per heavy atom. The summed E-state index contributed by atoms with van der Waals surface area (Å²) in [6, 6.07) is 13.4. The first-order chi connectivity index (χ1) is 16.6. The van der Waals surface area contributed by atoms with Gasteiger partial charge in [-0.25, -0.2) is 0 Å². The molecule has 4 rings (SSSR count). The van der Waals surface area contributed by atoms with Gasteiger partial charge in [-0.3, -0.25) is 19.6 Å². The van der Waals surface area contributed by atoms with Crippen molar-refractivity contribution >= 4 is 17.4 Å². The molecule has 7 heteroatoms. The second-order valence-corrected chi connectivity index (χ2v) is 8.15. The molecule has 3 heterocycles. The molecular weight excluding hydrogens is 430 g/mol. The van der Waals surface area contributed by atoms with Gasteiger partial charge in [0.25, 0.3) is 11.7 Å². The summed E-state index contributed by atoms with van der Waals surface area (Å²) in [7, 11) is 0. The number of rotatable bonds is 9. The molecule has 7 nitrogen and oxygen atoms in total. The molecule has 1 aliphatic rings. The lowest BCUT2D eigenvalue weighted by Crippen LogP contribution is -2.29. The summed E-state index contributed by atoms with van der Waals surface area (Å²) in [6.07, 6.45) is 9.49. The standard InChI is InChI=1S/C27H27N3O4/c1-2-3-4-15-34-22-9-5-8-21(16-22)24-23(25(31)20-10-13-28-14-11-20)26(32)27(33)30(24)18-19-7-6-12-29-17-19/h5-14,16-17,24,31H,2-4,15,18H2,1H3. The highest BCUT2D eigenvalue weighted by molar-refractivity contribution is 6.46. The number of carbonyl (C=O) groups is 2. The molecule has 174 valence electrons. The van der Waals surface area contributed by atoms with Crippen molar-refractivity contribution in [2.75, 3.05) is 6.61 Å². The molecule has 0 saturated carbocycles. The Morgan fingerprint density at radius 1 is 1.03 bits per heavy atom. The number of Topliss-reactive ketones (excluding diaryl/α,β-unsaturated/α-hetero) is 1. The van der Waals surface area contributed by atoms with Crippen molar-refractivity contribution in [2.24, 2.45) is 0 Å². The number of nitrogens with zero attached hydrogens (tertiary/aromatic N) is 3. The first-order valence-corrected chi connectivity index (χ1v) is 11.4. The predicted molar refractivity (Wildman–Crippen MR) is 128 cm³/mol. The van der Waals surface area contributed by atoms with Crippen LogP contribution in [0, 0.1) is 0 Å². The summed E-state index contributed by atoms with van der Waals surface area (Å²) in [6.45, 7) is 2.90. The molecule has 1 amide bonds. The number of pyridine rings is 2. The third-order valence-corrected chi connectivity index (χ3v) is 5.76. The maximum Gasteiger partial charge on any atom is 0.295 e. The molecule has 1 saturated heterocycles. The zero-order chi connectivity index (χ0) is 23.9. The van der Waals surface area contributed by atoms with Gasteiger partial charge in [0.05, 0.1) is 18.2 Å². The molecule has 0 radical (unpaired) electrons. The number of ketones is 1. The van der Waals surface area contributed by atoms with Gasteiger partial charge < -0.3 is 14.7 Å². The van der Waals surface area contributed by atoms with Crippen LogP contribution in [0.25, 0.3) is 5.76 Å². The second kappa shape index (κ2) is 10.7. The molecule has 1 aromatic carbocycles. The second-order valence-electron chi connectivity index (χ2n) is 8.15. The molecule has 2 aromatic heterocycles. The lowest BCUT2D eigenvalue weighted by atomic mass is 9.95. The first-order valence-electron chi connectivity index (χ1n) is 11.4. The van der Waals surface area contributed by atoms with E-state index in [0.29, 0.717) is 23.5 Å². The maximum absolute atomic E-state index is 13.2. The molecule has 34 heavy (non-hydrogen) atoms. The number of amides is 1. The molecule has 0 aliphatic carbocycles. The Hall–Kier alpha value is -4.00. The third kappa shape index (κ3) is 4.98. The van der Waals surface area contributed by atoms with Crippen LogP contribution in [0.1, 0.15) is 48.9 Å². The highest BCUT2D eigenvalue weighted by atomic mass is 16.5. The molecule has 1 unspecified atom stereocenters. The average Bonchev–Trinajstić information content (AvgIpc) is 3.12. The summed E-state index contributed by atoms with van der Waals surface area (Å²) in [4.78, 5) is 35.9. The van der Waals surface area contributed by atoms with E-state index in [1.165, 1.54) is 17.3 Å². The van der Waals surface area contributed by atoms with Crippen LogP contribution in [-0.2, 0) is 16.1 Å². The molecule has 1 atom stereocenters. The molecule has 3 aromatic rings. The van der Waals surface area contributed by atoms with Crippen LogP contribution in [0.4, 0.5) is 0 Å². The quantitative estimate of drug-likeness (QED) is 0.217. The zero-order valence-electron chi connectivity index (χ0n) is 19.1. The van der Waals surface area contributed by atoms with Crippen LogP contribution in [0.2, 0.25) is 0 Å². The Labute approximate surface area is 198 Å². The largest absolute Gasteiger partial charge is 0.507 e. The fourth-order valence-electron chi connectivity index (χ4n) is 4.06. The van der Waals surface area contributed by atoms with Gasteiger partial charge in [0.2, 0.25) is 0 Å². The minimum Gasteiger partial charge on any atom is -0.507 e. The highest BCUT2D eigenvalue weighted by Gasteiger charge is 2.46. The van der Waals surface area contributed by atoms with E-state index in [0.717, 1.165) is 24.8 Å². The van der Waals surface area contributed by atoms with E-state index in [9.17, 15) is 14.7 Å². The van der Waals surface area contributed by atoms with Crippen molar-refractivity contribution in [1.29, 1.82) is 0 Å². The van der Waals surface area contributed by atoms with Crippen molar-refractivity contribution in [3.05, 3.63) is 95.6 Å². The van der Waals surface area contributed by atoms with Crippen molar-refractivity contribution in [3.8, 4) is 5.75 Å². The Kier molecular flexibility index (Phi) is 7.32. The first kappa shape index (κ1) is 23.2. The number of aliphatic hydroxyl groups is 1. The number of aromatic nitrogens is 2. The molecule has 1 N–H and O–H groups in total. The van der Waals surface area contributed by atoms with Gasteiger partial charge in [0.15, 0.2) is 0 Å². The molecule has 1 aliphatic heterocycles. The normalized spacial score (nSPS) is 17.2. The van der Waals surface area contributed by atoms with E-state index in [1.807, 2.05) is 30.3 Å². The molecule has 1 fully saturated rings. The lowest BCUT2D eigenvalue weighted by molar-refractivity contribution is -0.140. The van der Waals surface area contributed by atoms with Crippen LogP contribution in [0.15, 0.2) is 78.9 Å². The van der Waals surface area contributed by atoms with Crippen molar-refractivity contribution < 1.29 is 19.4 Å². The number of aliphatic hydroxyl groups excluding tert-OH is 1. The van der Waals surface area contributed by atoms with Crippen LogP contribution >= 0.6 is 0 Å². The van der Waals surface area contributed by atoms with Gasteiger partial charge in [-0.15, -0.1) is 0 Å². The number of likely N-dealkylation sites (tertiary alicyclic amines) is 1. The molecule has 0 spiro atoms. The number of hydrogen-bond acceptors (Lipinski definition) is 6. The number of hydrogen-bond donors (Lipinski definition) is 1. The summed E-state index contributed by atoms with van der Waals surface area (Å²) in [5.41, 5.74) is 1.94. The monoisotopic (exact) mass is 457 g/mol. The Balaban J connectivity index is 1.76. The Bertz CT molecular complexity index is 1180. The minimum absolute atomic E-state index is 0.0447. The van der Waals surface area contributed by atoms with E-state index in [-0.39, 0.29) is 17.9 Å². The highest BCUT2D eigenvalue weighted by Crippen LogP contribution is 2.41. The van der Waals surface area contributed by atoms with E-state index < -0.39 is 17.7 Å². The van der Waals surface area contributed by atoms with E-state index >= 15 is 0 Å². The van der Waals surface area contributed by atoms with Gasteiger partial charge >= 0.3 is 0 Å². The summed E-state index contributed by atoms with van der Waals surface area (Å²) >= 11 is 0.